The molecule has 3 heteroatoms. The summed E-state index contributed by atoms with van der Waals surface area (Å²) in [5.41, 5.74) is 1.24. The number of hydrogen-bond donors (Lipinski definition) is 0. The summed E-state index contributed by atoms with van der Waals surface area (Å²) in [4.78, 5) is 4.59. The minimum atomic E-state index is -0.206. The van der Waals surface area contributed by atoms with Crippen LogP contribution in [0.2, 0.25) is 6.04 Å². The Morgan fingerprint density at radius 3 is 2.41 bits per heavy atom. The average molecular weight is 248 g/mol. The van der Waals surface area contributed by atoms with Gasteiger partial charge in [0.05, 0.1) is 15.7 Å². The first-order valence-corrected chi connectivity index (χ1v) is 7.79. The molecule has 0 bridgehead atoms. The molecule has 0 N–H and O–H groups in total. The van der Waals surface area contributed by atoms with Gasteiger partial charge in [0.2, 0.25) is 0 Å². The molecule has 0 amide bonds. The van der Waals surface area contributed by atoms with Gasteiger partial charge in [0.25, 0.3) is 0 Å². The predicted octanol–water partition coefficient (Wildman–Crippen LogP) is 0.991. The Balaban J connectivity index is 2.62. The molecule has 0 atom stereocenters. The van der Waals surface area contributed by atoms with Gasteiger partial charge in [-0.15, -0.1) is 0 Å². The second-order valence-electron chi connectivity index (χ2n) is 4.90. The first-order valence-electron chi connectivity index (χ1n) is 6.09. The van der Waals surface area contributed by atoms with E-state index >= 15 is 0 Å². The van der Waals surface area contributed by atoms with Crippen molar-refractivity contribution in [3.8, 4) is 0 Å². The lowest BCUT2D eigenvalue weighted by molar-refractivity contribution is 0.147. The van der Waals surface area contributed by atoms with Crippen LogP contribution in [0.25, 0.3) is 6.08 Å². The van der Waals surface area contributed by atoms with Crippen LogP contribution in [0.5, 0.6) is 0 Å². The zero-order valence-corrected chi connectivity index (χ0v) is 12.9. The van der Waals surface area contributed by atoms with Crippen molar-refractivity contribution in [2.75, 3.05) is 28.2 Å². The summed E-state index contributed by atoms with van der Waals surface area (Å²) in [6, 6.07) is 10.1. The summed E-state index contributed by atoms with van der Waals surface area (Å²) in [5, 5.41) is 1.52. The Morgan fingerprint density at radius 1 is 1.24 bits per heavy atom. The Kier molecular flexibility index (Phi) is 5.61. The molecule has 0 unspecified atom stereocenters. The van der Waals surface area contributed by atoms with Gasteiger partial charge in [0.1, 0.15) is 0 Å². The smallest absolute Gasteiger partial charge is 0.0586 e. The molecule has 0 aliphatic rings. The molecule has 0 aliphatic heterocycles. The van der Waals surface area contributed by atoms with Crippen molar-refractivity contribution in [1.29, 1.82) is 0 Å². The summed E-state index contributed by atoms with van der Waals surface area (Å²) in [5.74, 6) is 0. The van der Waals surface area contributed by atoms with Crippen molar-refractivity contribution in [2.24, 2.45) is 0 Å². The molecule has 0 spiro atoms. The van der Waals surface area contributed by atoms with E-state index in [1.54, 1.807) is 0 Å². The zero-order chi connectivity index (χ0) is 12.8. The quantitative estimate of drug-likeness (QED) is 0.547. The molecule has 0 aliphatic carbocycles. The molecule has 17 heavy (non-hydrogen) atoms. The van der Waals surface area contributed by atoms with Gasteiger partial charge in [-0.25, -0.2) is 0 Å². The van der Waals surface area contributed by atoms with Crippen LogP contribution >= 0.6 is 0 Å². The summed E-state index contributed by atoms with van der Waals surface area (Å²) in [7, 11) is 8.40. The Morgan fingerprint density at radius 2 is 1.88 bits per heavy atom. The fourth-order valence-electron chi connectivity index (χ4n) is 2.15. The molecule has 0 heterocycles. The van der Waals surface area contributed by atoms with E-state index in [9.17, 15) is 0 Å². The van der Waals surface area contributed by atoms with Crippen LogP contribution in [-0.4, -0.2) is 53.7 Å². The number of hydrogen-bond acceptors (Lipinski definition) is 2. The van der Waals surface area contributed by atoms with Gasteiger partial charge in [-0.05, 0) is 39.8 Å². The molecule has 1 rings (SSSR count). The van der Waals surface area contributed by atoms with Crippen molar-refractivity contribution in [2.45, 2.75) is 12.2 Å². The maximum absolute atomic E-state index is 3.82. The van der Waals surface area contributed by atoms with Crippen molar-refractivity contribution >= 4 is 20.8 Å². The van der Waals surface area contributed by atoms with E-state index in [1.807, 2.05) is 6.08 Å². The zero-order valence-electron chi connectivity index (χ0n) is 11.5. The third-order valence-corrected chi connectivity index (χ3v) is 4.89. The lowest BCUT2D eigenvalue weighted by Crippen LogP contribution is -2.42. The van der Waals surface area contributed by atoms with Gasteiger partial charge in [0, 0.05) is 0 Å². The van der Waals surface area contributed by atoms with Crippen LogP contribution in [-0.2, 0) is 0 Å². The highest BCUT2D eigenvalue weighted by Gasteiger charge is 2.13. The highest BCUT2D eigenvalue weighted by Crippen LogP contribution is 2.04. The van der Waals surface area contributed by atoms with E-state index in [-0.39, 0.29) is 9.52 Å². The largest absolute Gasteiger partial charge is 0.294 e. The average Bonchev–Trinajstić information content (AvgIpc) is 2.28. The molecule has 1 aromatic rings. The van der Waals surface area contributed by atoms with Crippen LogP contribution in [0.15, 0.2) is 30.8 Å². The van der Waals surface area contributed by atoms with E-state index in [0.717, 1.165) is 0 Å². The first kappa shape index (κ1) is 14.2. The third kappa shape index (κ3) is 4.46. The Bertz CT molecular complexity index is 353. The van der Waals surface area contributed by atoms with Crippen LogP contribution in [0.4, 0.5) is 0 Å². The highest BCUT2D eigenvalue weighted by molar-refractivity contribution is 6.53. The van der Waals surface area contributed by atoms with Crippen molar-refractivity contribution in [1.82, 2.24) is 9.80 Å². The van der Waals surface area contributed by atoms with E-state index in [2.05, 4.69) is 68.8 Å². The van der Waals surface area contributed by atoms with Crippen LogP contribution < -0.4 is 5.19 Å². The fraction of sp³-hybridized carbons (Fsp3) is 0.429. The van der Waals surface area contributed by atoms with Crippen molar-refractivity contribution in [3.63, 3.8) is 0 Å². The number of benzene rings is 1. The maximum atomic E-state index is 3.82. The van der Waals surface area contributed by atoms with Crippen molar-refractivity contribution < 1.29 is 0 Å². The van der Waals surface area contributed by atoms with Gasteiger partial charge in [-0.3, -0.25) is 9.80 Å². The molecule has 0 aromatic heterocycles. The van der Waals surface area contributed by atoms with Crippen LogP contribution in [0, 0.1) is 0 Å². The number of nitrogens with zero attached hydrogens (tertiary/aromatic N) is 2. The molecule has 0 radical (unpaired) electrons. The van der Waals surface area contributed by atoms with E-state index in [4.69, 9.17) is 0 Å². The Labute approximate surface area is 108 Å². The summed E-state index contributed by atoms with van der Waals surface area (Å²) < 4.78 is 0. The summed E-state index contributed by atoms with van der Waals surface area (Å²) in [6.45, 7) is 3.82. The molecule has 94 valence electrons. The van der Waals surface area contributed by atoms with E-state index in [1.165, 1.54) is 16.8 Å². The standard InChI is InChI=1S/C14H24N2Si/c1-6-12-8-7-9-13(10-12)17-11-14(15(2)3)16(4)5/h6-10,14H,1,11,17H2,2-5H3. The lowest BCUT2D eigenvalue weighted by Gasteiger charge is -2.30. The minimum Gasteiger partial charge on any atom is -0.294 e. The lowest BCUT2D eigenvalue weighted by atomic mass is 10.2. The molecule has 0 saturated heterocycles. The molecule has 0 saturated carbocycles. The monoisotopic (exact) mass is 248 g/mol. The van der Waals surface area contributed by atoms with E-state index < -0.39 is 0 Å². The number of rotatable bonds is 6. The predicted molar refractivity (Wildman–Crippen MR) is 80.7 cm³/mol. The van der Waals surface area contributed by atoms with Gasteiger partial charge in [-0.2, -0.15) is 0 Å². The van der Waals surface area contributed by atoms with Crippen LogP contribution in [0.1, 0.15) is 5.56 Å². The molecular formula is C14H24N2Si. The third-order valence-electron chi connectivity index (χ3n) is 3.07. The molecule has 2 nitrogen and oxygen atoms in total. The van der Waals surface area contributed by atoms with Gasteiger partial charge < -0.3 is 0 Å². The SMILES string of the molecule is C=Cc1cccc([SiH2]CC(N(C)C)N(C)C)c1. The highest BCUT2D eigenvalue weighted by atomic mass is 28.2. The van der Waals surface area contributed by atoms with Gasteiger partial charge in [0.15, 0.2) is 0 Å². The van der Waals surface area contributed by atoms with E-state index in [0.29, 0.717) is 6.17 Å². The molecule has 0 fully saturated rings. The first-order chi connectivity index (χ1) is 8.04. The maximum Gasteiger partial charge on any atom is 0.0586 e. The minimum absolute atomic E-state index is 0.206. The summed E-state index contributed by atoms with van der Waals surface area (Å²) in [6.07, 6.45) is 2.47. The van der Waals surface area contributed by atoms with Gasteiger partial charge in [-0.1, -0.05) is 42.1 Å². The van der Waals surface area contributed by atoms with Crippen LogP contribution in [0.3, 0.4) is 0 Å². The molecule has 1 aromatic carbocycles. The van der Waals surface area contributed by atoms with Gasteiger partial charge >= 0.3 is 0 Å². The molecular weight excluding hydrogens is 224 g/mol. The van der Waals surface area contributed by atoms with Crippen molar-refractivity contribution in [3.05, 3.63) is 36.4 Å². The normalized spacial score (nSPS) is 12.2. The second-order valence-corrected chi connectivity index (χ2v) is 6.79. The Hall–Kier alpha value is -0.903. The second kappa shape index (κ2) is 6.74. The summed E-state index contributed by atoms with van der Waals surface area (Å²) >= 11 is 0. The topological polar surface area (TPSA) is 6.48 Å². The fourth-order valence-corrected chi connectivity index (χ4v) is 4.46.